The summed E-state index contributed by atoms with van der Waals surface area (Å²) in [6, 6.07) is 4.43. The zero-order valence-electron chi connectivity index (χ0n) is 15.1. The number of anilines is 1. The van der Waals surface area contributed by atoms with E-state index in [2.05, 4.69) is 0 Å². The van der Waals surface area contributed by atoms with Crippen molar-refractivity contribution in [3.05, 3.63) is 41.7 Å². The fourth-order valence-electron chi connectivity index (χ4n) is 4.90. The van der Waals surface area contributed by atoms with Crippen molar-refractivity contribution >= 4 is 29.3 Å². The Morgan fingerprint density at radius 2 is 2.11 bits per heavy atom. The first kappa shape index (κ1) is 17.3. The number of hydrogen-bond acceptors (Lipinski definition) is 4. The van der Waals surface area contributed by atoms with Crippen molar-refractivity contribution in [1.82, 2.24) is 4.90 Å². The quantitative estimate of drug-likeness (QED) is 0.728. The lowest BCUT2D eigenvalue weighted by molar-refractivity contribution is -0.140. The Labute approximate surface area is 161 Å². The molecule has 4 aliphatic rings. The van der Waals surface area contributed by atoms with Gasteiger partial charge >= 0.3 is 0 Å². The molecule has 4 atom stereocenters. The van der Waals surface area contributed by atoms with Crippen molar-refractivity contribution in [3.8, 4) is 0 Å². The van der Waals surface area contributed by atoms with Crippen LogP contribution < -0.4 is 4.90 Å². The number of hydrogen-bond donors (Lipinski definition) is 0. The topological polar surface area (TPSA) is 49.9 Å². The number of benzene rings is 1. The van der Waals surface area contributed by atoms with Crippen LogP contribution in [-0.4, -0.2) is 59.6 Å². The molecule has 1 spiro atoms. The van der Waals surface area contributed by atoms with Crippen molar-refractivity contribution in [3.63, 3.8) is 0 Å². The van der Waals surface area contributed by atoms with Crippen LogP contribution in [0.25, 0.3) is 0 Å². The third-order valence-electron chi connectivity index (χ3n) is 6.16. The molecule has 4 heterocycles. The highest BCUT2D eigenvalue weighted by Gasteiger charge is 2.67. The highest BCUT2D eigenvalue weighted by Crippen LogP contribution is 2.53. The molecule has 3 saturated heterocycles. The molecule has 2 bridgehead atoms. The fourth-order valence-corrected chi connectivity index (χ4v) is 5.80. The van der Waals surface area contributed by atoms with Gasteiger partial charge in [-0.25, -0.2) is 4.39 Å². The van der Waals surface area contributed by atoms with Crippen LogP contribution in [0.15, 0.2) is 30.4 Å². The monoisotopic (exact) mass is 388 g/mol. The summed E-state index contributed by atoms with van der Waals surface area (Å²) in [5, 5.41) is 0. The van der Waals surface area contributed by atoms with Crippen LogP contribution in [0.3, 0.4) is 0 Å². The number of thioether (sulfide) groups is 1. The Morgan fingerprint density at radius 1 is 1.33 bits per heavy atom. The van der Waals surface area contributed by atoms with Gasteiger partial charge in [0, 0.05) is 30.3 Å². The number of carbonyl (C=O) groups is 2. The molecule has 3 fully saturated rings. The molecule has 5 rings (SSSR count). The summed E-state index contributed by atoms with van der Waals surface area (Å²) < 4.78 is 19.7. The van der Waals surface area contributed by atoms with Crippen molar-refractivity contribution < 1.29 is 18.7 Å². The number of rotatable bonds is 2. The van der Waals surface area contributed by atoms with Crippen molar-refractivity contribution in [2.45, 2.75) is 18.6 Å². The van der Waals surface area contributed by atoms with Gasteiger partial charge in [0.1, 0.15) is 11.4 Å². The molecule has 7 heteroatoms. The molecular weight excluding hydrogens is 367 g/mol. The highest BCUT2D eigenvalue weighted by atomic mass is 32.2. The third kappa shape index (κ3) is 2.48. The Kier molecular flexibility index (Phi) is 3.88. The van der Waals surface area contributed by atoms with E-state index in [0.717, 1.165) is 24.6 Å². The number of carbonyl (C=O) groups excluding carboxylic acids is 2. The van der Waals surface area contributed by atoms with E-state index in [4.69, 9.17) is 4.74 Å². The van der Waals surface area contributed by atoms with Crippen molar-refractivity contribution in [2.75, 3.05) is 36.0 Å². The standard InChI is InChI=1S/C20H21FN2O3S/c1-12-10-13(21)2-3-14(12)23-11-20-5-4-15(26-20)16(17(20)19(23)25)18(24)22-6-8-27-9-7-22/h2-5,10,15-17H,6-9,11H2,1H3/t15-,16+,17-,20-/m0/s1. The van der Waals surface area contributed by atoms with E-state index >= 15 is 0 Å². The second-order valence-corrected chi connectivity index (χ2v) is 8.92. The van der Waals surface area contributed by atoms with Gasteiger partial charge in [-0.2, -0.15) is 11.8 Å². The number of ether oxygens (including phenoxy) is 1. The van der Waals surface area contributed by atoms with Gasteiger partial charge in [-0.3, -0.25) is 9.59 Å². The maximum Gasteiger partial charge on any atom is 0.234 e. The summed E-state index contributed by atoms with van der Waals surface area (Å²) in [6.07, 6.45) is 3.57. The first-order chi connectivity index (χ1) is 13.0. The van der Waals surface area contributed by atoms with E-state index in [9.17, 15) is 14.0 Å². The highest BCUT2D eigenvalue weighted by molar-refractivity contribution is 7.99. The molecule has 0 saturated carbocycles. The number of aryl methyl sites for hydroxylation is 1. The summed E-state index contributed by atoms with van der Waals surface area (Å²) in [7, 11) is 0. The predicted molar refractivity (Wildman–Crippen MR) is 101 cm³/mol. The summed E-state index contributed by atoms with van der Waals surface area (Å²) in [5.74, 6) is 0.517. The Balaban J connectivity index is 1.48. The molecular formula is C20H21FN2O3S. The molecule has 0 unspecified atom stereocenters. The van der Waals surface area contributed by atoms with Crippen LogP contribution in [0.4, 0.5) is 10.1 Å². The average Bonchev–Trinajstić information content (AvgIpc) is 3.30. The summed E-state index contributed by atoms with van der Waals surface area (Å²) in [5.41, 5.74) is 0.647. The van der Waals surface area contributed by atoms with Gasteiger partial charge in [-0.05, 0) is 30.7 Å². The first-order valence-corrected chi connectivity index (χ1v) is 10.5. The summed E-state index contributed by atoms with van der Waals surface area (Å²) in [6.45, 7) is 3.62. The molecule has 4 aliphatic heterocycles. The molecule has 0 aromatic heterocycles. The third-order valence-corrected chi connectivity index (χ3v) is 7.10. The number of nitrogens with zero attached hydrogens (tertiary/aromatic N) is 2. The average molecular weight is 388 g/mol. The fraction of sp³-hybridized carbons (Fsp3) is 0.500. The van der Waals surface area contributed by atoms with Gasteiger partial charge in [0.05, 0.1) is 24.5 Å². The van der Waals surface area contributed by atoms with Crippen molar-refractivity contribution in [1.29, 1.82) is 0 Å². The number of fused-ring (bicyclic) bond motifs is 1. The Bertz CT molecular complexity index is 854. The molecule has 0 aliphatic carbocycles. The van der Waals surface area contributed by atoms with Crippen molar-refractivity contribution in [2.24, 2.45) is 11.8 Å². The van der Waals surface area contributed by atoms with Gasteiger partial charge in [-0.15, -0.1) is 0 Å². The molecule has 1 aromatic carbocycles. The van der Waals surface area contributed by atoms with E-state index in [0.29, 0.717) is 17.8 Å². The zero-order valence-corrected chi connectivity index (χ0v) is 15.9. The van der Waals surface area contributed by atoms with Gasteiger partial charge < -0.3 is 14.5 Å². The normalized spacial score (nSPS) is 34.4. The first-order valence-electron chi connectivity index (χ1n) is 9.31. The van der Waals surface area contributed by atoms with Gasteiger partial charge in [0.2, 0.25) is 11.8 Å². The van der Waals surface area contributed by atoms with Crippen LogP contribution in [-0.2, 0) is 14.3 Å². The lowest BCUT2D eigenvalue weighted by Crippen LogP contribution is -2.48. The van der Waals surface area contributed by atoms with Gasteiger partial charge in [-0.1, -0.05) is 12.2 Å². The van der Waals surface area contributed by atoms with Crippen LogP contribution in [0.5, 0.6) is 0 Å². The number of halogens is 1. The minimum absolute atomic E-state index is 0.0301. The Hall–Kier alpha value is -1.86. The summed E-state index contributed by atoms with van der Waals surface area (Å²) in [4.78, 5) is 30.1. The number of amides is 2. The molecule has 0 N–H and O–H groups in total. The SMILES string of the molecule is Cc1cc(F)ccc1N1C[C@]23C=C[C@H](O2)[C@@H](C(=O)N2CCSCC2)[C@H]3C1=O. The molecule has 0 radical (unpaired) electrons. The lowest BCUT2D eigenvalue weighted by Gasteiger charge is -2.32. The maximum atomic E-state index is 13.5. The van der Waals surface area contributed by atoms with E-state index in [1.165, 1.54) is 12.1 Å². The second kappa shape index (κ2) is 6.07. The predicted octanol–water partition coefficient (Wildman–Crippen LogP) is 2.00. The second-order valence-electron chi connectivity index (χ2n) is 7.69. The maximum absolute atomic E-state index is 13.5. The van der Waals surface area contributed by atoms with Crippen LogP contribution in [0.2, 0.25) is 0 Å². The molecule has 1 aromatic rings. The van der Waals surface area contributed by atoms with E-state index < -0.39 is 17.4 Å². The van der Waals surface area contributed by atoms with Gasteiger partial charge in [0.15, 0.2) is 0 Å². The molecule has 142 valence electrons. The molecule has 2 amide bonds. The smallest absolute Gasteiger partial charge is 0.234 e. The van der Waals surface area contributed by atoms with Crippen LogP contribution in [0.1, 0.15) is 5.56 Å². The lowest BCUT2D eigenvalue weighted by atomic mass is 9.76. The zero-order chi connectivity index (χ0) is 18.8. The molecule has 5 nitrogen and oxygen atoms in total. The molecule has 27 heavy (non-hydrogen) atoms. The van der Waals surface area contributed by atoms with E-state index in [1.54, 1.807) is 17.9 Å². The minimum atomic E-state index is -0.743. The van der Waals surface area contributed by atoms with E-state index in [-0.39, 0.29) is 23.7 Å². The minimum Gasteiger partial charge on any atom is -0.360 e. The Morgan fingerprint density at radius 3 is 2.85 bits per heavy atom. The largest absolute Gasteiger partial charge is 0.360 e. The van der Waals surface area contributed by atoms with Crippen LogP contribution >= 0.6 is 11.8 Å². The van der Waals surface area contributed by atoms with Crippen LogP contribution in [0, 0.1) is 24.6 Å². The van der Waals surface area contributed by atoms with E-state index in [1.807, 2.05) is 28.8 Å². The summed E-state index contributed by atoms with van der Waals surface area (Å²) >= 11 is 1.85. The van der Waals surface area contributed by atoms with Gasteiger partial charge in [0.25, 0.3) is 0 Å².